The molecule has 10 heteroatoms. The van der Waals surface area contributed by atoms with Gasteiger partial charge in [0.1, 0.15) is 10.6 Å². The first-order valence-electron chi connectivity index (χ1n) is 11.7. The van der Waals surface area contributed by atoms with Gasteiger partial charge >= 0.3 is 0 Å². The highest BCUT2D eigenvalue weighted by Gasteiger charge is 2.20. The zero-order chi connectivity index (χ0) is 25.9. The van der Waals surface area contributed by atoms with E-state index in [0.29, 0.717) is 11.4 Å². The summed E-state index contributed by atoms with van der Waals surface area (Å²) in [5, 5.41) is 3.95. The van der Waals surface area contributed by atoms with E-state index >= 15 is 0 Å². The largest absolute Gasteiger partial charge is 0.439 e. The first kappa shape index (κ1) is 25.2. The Morgan fingerprint density at radius 2 is 1.67 bits per heavy atom. The molecule has 2 aromatic carbocycles. The molecule has 0 aliphatic carbocycles. The van der Waals surface area contributed by atoms with E-state index in [1.54, 1.807) is 13.1 Å². The van der Waals surface area contributed by atoms with Gasteiger partial charge in [0.2, 0.25) is 11.8 Å². The van der Waals surface area contributed by atoms with Crippen LogP contribution in [0.15, 0.2) is 65.8 Å². The monoisotopic (exact) mass is 506 g/mol. The van der Waals surface area contributed by atoms with Crippen LogP contribution in [0.2, 0.25) is 0 Å². The highest BCUT2D eigenvalue weighted by atomic mass is 32.2. The van der Waals surface area contributed by atoms with E-state index in [1.165, 1.54) is 17.1 Å². The van der Waals surface area contributed by atoms with Crippen molar-refractivity contribution in [3.8, 4) is 22.9 Å². The Labute approximate surface area is 211 Å². The van der Waals surface area contributed by atoms with E-state index in [4.69, 9.17) is 4.74 Å². The topological polar surface area (TPSA) is 102 Å². The summed E-state index contributed by atoms with van der Waals surface area (Å²) < 4.78 is 35.8. The molecule has 0 radical (unpaired) electrons. The van der Waals surface area contributed by atoms with Gasteiger partial charge in [0, 0.05) is 43.7 Å². The Morgan fingerprint density at radius 3 is 2.25 bits per heavy atom. The van der Waals surface area contributed by atoms with E-state index in [-0.39, 0.29) is 16.7 Å². The van der Waals surface area contributed by atoms with Crippen molar-refractivity contribution in [3.05, 3.63) is 72.1 Å². The van der Waals surface area contributed by atoms with Gasteiger partial charge in [0.25, 0.3) is 10.0 Å². The molecule has 0 fully saturated rings. The SMILES string of the molecule is CCN(CC)c1ccc(Oc2cc(-c3c(C)cccc3C)nc(NS(=O)(=O)c3cnn(C)c3)n2)cc1. The maximum Gasteiger partial charge on any atom is 0.267 e. The highest BCUT2D eigenvalue weighted by molar-refractivity contribution is 7.92. The van der Waals surface area contributed by atoms with Gasteiger partial charge in [0.15, 0.2) is 0 Å². The number of benzene rings is 2. The summed E-state index contributed by atoms with van der Waals surface area (Å²) in [4.78, 5) is 11.1. The summed E-state index contributed by atoms with van der Waals surface area (Å²) >= 11 is 0. The van der Waals surface area contributed by atoms with E-state index < -0.39 is 10.0 Å². The Hall–Kier alpha value is -3.92. The van der Waals surface area contributed by atoms with Crippen LogP contribution < -0.4 is 14.4 Å². The number of nitrogens with one attached hydrogen (secondary N) is 1. The third-order valence-corrected chi connectivity index (χ3v) is 7.13. The number of nitrogens with zero attached hydrogens (tertiary/aromatic N) is 5. The number of hydrogen-bond acceptors (Lipinski definition) is 7. The number of anilines is 2. The maximum atomic E-state index is 12.9. The van der Waals surface area contributed by atoms with Crippen LogP contribution in [0, 0.1) is 13.8 Å². The van der Waals surface area contributed by atoms with Crippen LogP contribution >= 0.6 is 0 Å². The molecule has 1 N–H and O–H groups in total. The van der Waals surface area contributed by atoms with E-state index in [0.717, 1.165) is 35.5 Å². The predicted molar refractivity (Wildman–Crippen MR) is 141 cm³/mol. The van der Waals surface area contributed by atoms with Crippen molar-refractivity contribution >= 4 is 21.7 Å². The molecule has 0 saturated heterocycles. The summed E-state index contributed by atoms with van der Waals surface area (Å²) in [6, 6.07) is 15.4. The van der Waals surface area contributed by atoms with Crippen molar-refractivity contribution in [2.75, 3.05) is 22.7 Å². The number of ether oxygens (including phenoxy) is 1. The molecule has 2 aromatic heterocycles. The smallest absolute Gasteiger partial charge is 0.267 e. The second kappa shape index (κ2) is 10.4. The third-order valence-electron chi connectivity index (χ3n) is 5.84. The fourth-order valence-electron chi connectivity index (χ4n) is 4.02. The Bertz CT molecular complexity index is 1440. The first-order valence-corrected chi connectivity index (χ1v) is 13.2. The molecule has 188 valence electrons. The second-order valence-corrected chi connectivity index (χ2v) is 10.1. The van der Waals surface area contributed by atoms with Gasteiger partial charge in [0.05, 0.1) is 11.9 Å². The molecule has 9 nitrogen and oxygen atoms in total. The van der Waals surface area contributed by atoms with Gasteiger partial charge in [-0.25, -0.2) is 18.1 Å². The number of aromatic nitrogens is 4. The molecule has 0 amide bonds. The third kappa shape index (κ3) is 5.49. The molecule has 0 aliphatic heterocycles. The molecule has 4 aromatic rings. The number of rotatable bonds is 9. The molecular formula is C26H30N6O3S. The van der Waals surface area contributed by atoms with Crippen LogP contribution in [0.4, 0.5) is 11.6 Å². The Morgan fingerprint density at radius 1 is 1.00 bits per heavy atom. The second-order valence-electron chi connectivity index (χ2n) is 8.41. The quantitative estimate of drug-likeness (QED) is 0.343. The summed E-state index contributed by atoms with van der Waals surface area (Å²) in [5.41, 5.74) is 4.55. The van der Waals surface area contributed by atoms with E-state index in [2.05, 4.69) is 38.5 Å². The van der Waals surface area contributed by atoms with Gasteiger partial charge in [-0.15, -0.1) is 0 Å². The van der Waals surface area contributed by atoms with Crippen molar-refractivity contribution in [1.29, 1.82) is 0 Å². The van der Waals surface area contributed by atoms with Crippen LogP contribution in [0.5, 0.6) is 11.6 Å². The van der Waals surface area contributed by atoms with E-state index in [1.807, 2.05) is 56.3 Å². The molecule has 0 unspecified atom stereocenters. The minimum absolute atomic E-state index is 0.0144. The van der Waals surface area contributed by atoms with Gasteiger partial charge in [-0.05, 0) is 63.1 Å². The van der Waals surface area contributed by atoms with Gasteiger partial charge in [-0.3, -0.25) is 4.68 Å². The lowest BCUT2D eigenvalue weighted by Crippen LogP contribution is -2.21. The normalized spacial score (nSPS) is 11.4. The summed E-state index contributed by atoms with van der Waals surface area (Å²) in [5.74, 6) is 0.717. The molecule has 4 rings (SSSR count). The summed E-state index contributed by atoms with van der Waals surface area (Å²) in [6.45, 7) is 9.99. The van der Waals surface area contributed by atoms with Crippen LogP contribution in [-0.2, 0) is 17.1 Å². The molecule has 0 bridgehead atoms. The Kier molecular flexibility index (Phi) is 7.25. The molecule has 0 atom stereocenters. The van der Waals surface area contributed by atoms with Gasteiger partial charge in [-0.1, -0.05) is 18.2 Å². The molecule has 0 saturated carbocycles. The first-order chi connectivity index (χ1) is 17.2. The maximum absolute atomic E-state index is 12.9. The molecule has 0 aliphatic rings. The van der Waals surface area contributed by atoms with Crippen molar-refractivity contribution in [1.82, 2.24) is 19.7 Å². The zero-order valence-electron chi connectivity index (χ0n) is 21.1. The predicted octanol–water partition coefficient (Wildman–Crippen LogP) is 4.93. The van der Waals surface area contributed by atoms with Crippen LogP contribution in [0.3, 0.4) is 0 Å². The zero-order valence-corrected chi connectivity index (χ0v) is 21.9. The van der Waals surface area contributed by atoms with Crippen molar-refractivity contribution in [2.45, 2.75) is 32.6 Å². The average molecular weight is 507 g/mol. The molecule has 0 spiro atoms. The number of sulfonamides is 1. The van der Waals surface area contributed by atoms with Crippen molar-refractivity contribution < 1.29 is 13.2 Å². The lowest BCUT2D eigenvalue weighted by molar-refractivity contribution is 0.463. The standard InChI is InChI=1S/C26H30N6O3S/c1-6-32(7-2)20-11-13-21(14-12-20)35-24-15-23(25-18(3)9-8-10-19(25)4)28-26(29-24)30-36(33,34)22-16-27-31(5)17-22/h8-17H,6-7H2,1-5H3,(H,28,29,30). The average Bonchev–Trinajstić information content (AvgIpc) is 3.28. The minimum atomic E-state index is -3.94. The van der Waals surface area contributed by atoms with Crippen LogP contribution in [0.25, 0.3) is 11.3 Å². The van der Waals surface area contributed by atoms with E-state index in [9.17, 15) is 8.42 Å². The lowest BCUT2D eigenvalue weighted by atomic mass is 10.00. The summed E-state index contributed by atoms with van der Waals surface area (Å²) in [6.07, 6.45) is 2.68. The summed E-state index contributed by atoms with van der Waals surface area (Å²) in [7, 11) is -2.29. The van der Waals surface area contributed by atoms with Gasteiger partial charge in [-0.2, -0.15) is 10.1 Å². The fraction of sp³-hybridized carbons (Fsp3) is 0.269. The molecule has 2 heterocycles. The number of hydrogen-bond donors (Lipinski definition) is 1. The number of aryl methyl sites for hydroxylation is 3. The Balaban J connectivity index is 1.73. The van der Waals surface area contributed by atoms with Crippen LogP contribution in [-0.4, -0.2) is 41.3 Å². The minimum Gasteiger partial charge on any atom is -0.439 e. The molecule has 36 heavy (non-hydrogen) atoms. The highest BCUT2D eigenvalue weighted by Crippen LogP contribution is 2.31. The molecular weight excluding hydrogens is 476 g/mol. The fourth-order valence-corrected chi connectivity index (χ4v) is 4.95. The van der Waals surface area contributed by atoms with Gasteiger partial charge < -0.3 is 9.64 Å². The van der Waals surface area contributed by atoms with Crippen molar-refractivity contribution in [2.24, 2.45) is 7.05 Å². The lowest BCUT2D eigenvalue weighted by Gasteiger charge is -2.21. The van der Waals surface area contributed by atoms with Crippen LogP contribution in [0.1, 0.15) is 25.0 Å². The van der Waals surface area contributed by atoms with Crippen molar-refractivity contribution in [3.63, 3.8) is 0 Å².